The number of thiazole rings is 1. The Balaban J connectivity index is 1.95. The van der Waals surface area contributed by atoms with Crippen molar-refractivity contribution in [3.8, 4) is 0 Å². The fraction of sp³-hybridized carbons (Fsp3) is 0.214. The van der Waals surface area contributed by atoms with Crippen LogP contribution >= 0.6 is 11.3 Å². The van der Waals surface area contributed by atoms with Crippen LogP contribution < -0.4 is 5.32 Å². The molecule has 7 heteroatoms. The third-order valence-corrected chi connectivity index (χ3v) is 3.68. The van der Waals surface area contributed by atoms with Crippen LogP contribution in [0, 0.1) is 6.92 Å². The maximum absolute atomic E-state index is 12.0. The monoisotopic (exact) mass is 305 g/mol. The number of carboxylic acid groups (broad SMARTS) is 1. The van der Waals surface area contributed by atoms with Gasteiger partial charge in [0.1, 0.15) is 0 Å². The first-order valence-electron chi connectivity index (χ1n) is 6.22. The van der Waals surface area contributed by atoms with Gasteiger partial charge in [0.15, 0.2) is 5.13 Å². The number of aromatic carboxylic acids is 1. The molecule has 0 aliphatic heterocycles. The Hall–Kier alpha value is -2.41. The number of aryl methyl sites for hydroxylation is 1. The summed E-state index contributed by atoms with van der Waals surface area (Å²) < 4.78 is 0. The van der Waals surface area contributed by atoms with Crippen LogP contribution in [0.1, 0.15) is 21.6 Å². The van der Waals surface area contributed by atoms with E-state index in [9.17, 15) is 9.59 Å². The molecule has 0 bridgehead atoms. The SMILES string of the molecule is Cc1csc(NC(=O)N(C)Cc2ccc(C(=O)O)cc2)n1. The first kappa shape index (κ1) is 15.0. The molecule has 2 rings (SSSR count). The number of anilines is 1. The number of carbonyl (C=O) groups excluding carboxylic acids is 1. The first-order chi connectivity index (χ1) is 9.95. The summed E-state index contributed by atoms with van der Waals surface area (Å²) in [5.74, 6) is -0.966. The Labute approximate surface area is 126 Å². The van der Waals surface area contributed by atoms with Gasteiger partial charge in [0.05, 0.1) is 11.3 Å². The number of urea groups is 1. The largest absolute Gasteiger partial charge is 0.478 e. The van der Waals surface area contributed by atoms with Crippen molar-refractivity contribution in [2.45, 2.75) is 13.5 Å². The van der Waals surface area contributed by atoms with E-state index in [4.69, 9.17) is 5.11 Å². The second-order valence-corrected chi connectivity index (χ2v) is 5.44. The zero-order valence-electron chi connectivity index (χ0n) is 11.7. The normalized spacial score (nSPS) is 10.2. The molecule has 2 amide bonds. The number of hydrogen-bond donors (Lipinski definition) is 2. The minimum absolute atomic E-state index is 0.226. The molecule has 0 saturated carbocycles. The molecule has 21 heavy (non-hydrogen) atoms. The maximum Gasteiger partial charge on any atom is 0.335 e. The second-order valence-electron chi connectivity index (χ2n) is 4.58. The van der Waals surface area contributed by atoms with Gasteiger partial charge < -0.3 is 10.0 Å². The molecule has 0 atom stereocenters. The predicted octanol–water partition coefficient (Wildman–Crippen LogP) is 2.81. The molecule has 0 aliphatic rings. The van der Waals surface area contributed by atoms with E-state index in [1.165, 1.54) is 28.4 Å². The molecular formula is C14H15N3O3S. The van der Waals surface area contributed by atoms with E-state index in [-0.39, 0.29) is 11.6 Å². The van der Waals surface area contributed by atoms with Gasteiger partial charge in [0, 0.05) is 19.0 Å². The summed E-state index contributed by atoms with van der Waals surface area (Å²) in [6.07, 6.45) is 0. The van der Waals surface area contributed by atoms with Crippen molar-refractivity contribution in [2.24, 2.45) is 0 Å². The van der Waals surface area contributed by atoms with Crippen LogP contribution in [0.4, 0.5) is 9.93 Å². The number of benzene rings is 1. The van der Waals surface area contributed by atoms with Gasteiger partial charge >= 0.3 is 12.0 Å². The highest BCUT2D eigenvalue weighted by molar-refractivity contribution is 7.13. The molecule has 0 spiro atoms. The fourth-order valence-corrected chi connectivity index (χ4v) is 2.37. The molecule has 1 aromatic heterocycles. The molecule has 6 nitrogen and oxygen atoms in total. The zero-order chi connectivity index (χ0) is 15.4. The Kier molecular flexibility index (Phi) is 4.54. The van der Waals surface area contributed by atoms with Gasteiger partial charge in [-0.2, -0.15) is 0 Å². The lowest BCUT2D eigenvalue weighted by Gasteiger charge is -2.17. The summed E-state index contributed by atoms with van der Waals surface area (Å²) >= 11 is 1.37. The van der Waals surface area contributed by atoms with E-state index >= 15 is 0 Å². The molecular weight excluding hydrogens is 290 g/mol. The predicted molar refractivity (Wildman–Crippen MR) is 80.7 cm³/mol. The highest BCUT2D eigenvalue weighted by Crippen LogP contribution is 2.15. The molecule has 0 aliphatic carbocycles. The highest BCUT2D eigenvalue weighted by atomic mass is 32.1. The van der Waals surface area contributed by atoms with Crippen molar-refractivity contribution in [1.29, 1.82) is 0 Å². The van der Waals surface area contributed by atoms with E-state index in [0.29, 0.717) is 11.7 Å². The Morgan fingerprint density at radius 3 is 2.52 bits per heavy atom. The van der Waals surface area contributed by atoms with Crippen LogP contribution in [0.5, 0.6) is 0 Å². The van der Waals surface area contributed by atoms with Gasteiger partial charge in [0.2, 0.25) is 0 Å². The van der Waals surface area contributed by atoms with Crippen molar-refractivity contribution in [2.75, 3.05) is 12.4 Å². The van der Waals surface area contributed by atoms with Crippen molar-refractivity contribution < 1.29 is 14.7 Å². The summed E-state index contributed by atoms with van der Waals surface area (Å²) in [5, 5.41) is 14.0. The van der Waals surface area contributed by atoms with Crippen molar-refractivity contribution in [1.82, 2.24) is 9.88 Å². The van der Waals surface area contributed by atoms with Gasteiger partial charge in [-0.25, -0.2) is 14.6 Å². The lowest BCUT2D eigenvalue weighted by molar-refractivity contribution is 0.0697. The van der Waals surface area contributed by atoms with Crippen LogP contribution in [0.3, 0.4) is 0 Å². The van der Waals surface area contributed by atoms with E-state index < -0.39 is 5.97 Å². The van der Waals surface area contributed by atoms with Gasteiger partial charge in [0.25, 0.3) is 0 Å². The van der Waals surface area contributed by atoms with Crippen molar-refractivity contribution >= 4 is 28.5 Å². The molecule has 0 saturated heterocycles. The number of aromatic nitrogens is 1. The number of nitrogens with zero attached hydrogens (tertiary/aromatic N) is 2. The molecule has 1 heterocycles. The molecule has 2 N–H and O–H groups in total. The topological polar surface area (TPSA) is 82.5 Å². The zero-order valence-corrected chi connectivity index (χ0v) is 12.5. The number of hydrogen-bond acceptors (Lipinski definition) is 4. The van der Waals surface area contributed by atoms with Crippen LogP contribution in [0.15, 0.2) is 29.6 Å². The number of carbonyl (C=O) groups is 2. The van der Waals surface area contributed by atoms with Crippen LogP contribution in [0.25, 0.3) is 0 Å². The Bertz CT molecular complexity index is 652. The number of rotatable bonds is 4. The quantitative estimate of drug-likeness (QED) is 0.910. The summed E-state index contributed by atoms with van der Waals surface area (Å²) in [7, 11) is 1.67. The number of nitrogens with one attached hydrogen (secondary N) is 1. The Morgan fingerprint density at radius 2 is 2.00 bits per heavy atom. The van der Waals surface area contributed by atoms with Gasteiger partial charge in [-0.3, -0.25) is 5.32 Å². The van der Waals surface area contributed by atoms with Crippen LogP contribution in [0.2, 0.25) is 0 Å². The molecule has 0 fully saturated rings. The maximum atomic E-state index is 12.0. The number of carboxylic acids is 1. The van der Waals surface area contributed by atoms with E-state index in [1.54, 1.807) is 19.2 Å². The average Bonchev–Trinajstić information content (AvgIpc) is 2.84. The van der Waals surface area contributed by atoms with Crippen molar-refractivity contribution in [3.63, 3.8) is 0 Å². The van der Waals surface area contributed by atoms with Crippen LogP contribution in [-0.4, -0.2) is 34.0 Å². The Morgan fingerprint density at radius 1 is 1.33 bits per heavy atom. The second kappa shape index (κ2) is 6.36. The summed E-state index contributed by atoms with van der Waals surface area (Å²) in [5.41, 5.74) is 1.94. The fourth-order valence-electron chi connectivity index (χ4n) is 1.70. The minimum atomic E-state index is -0.966. The molecule has 2 aromatic rings. The first-order valence-corrected chi connectivity index (χ1v) is 7.10. The summed E-state index contributed by atoms with van der Waals surface area (Å²) in [6.45, 7) is 2.25. The van der Waals surface area contributed by atoms with Gasteiger partial charge in [-0.05, 0) is 24.6 Å². The summed E-state index contributed by atoms with van der Waals surface area (Å²) in [4.78, 5) is 28.4. The molecule has 1 aromatic carbocycles. The number of amides is 2. The van der Waals surface area contributed by atoms with E-state index in [1.807, 2.05) is 12.3 Å². The van der Waals surface area contributed by atoms with Gasteiger partial charge in [-0.1, -0.05) is 12.1 Å². The molecule has 0 unspecified atom stereocenters. The lowest BCUT2D eigenvalue weighted by Crippen LogP contribution is -2.30. The smallest absolute Gasteiger partial charge is 0.335 e. The standard InChI is InChI=1S/C14H15N3O3S/c1-9-8-21-13(15-9)16-14(20)17(2)7-10-3-5-11(6-4-10)12(18)19/h3-6,8H,7H2,1-2H3,(H,18,19)(H,15,16,20). The summed E-state index contributed by atoms with van der Waals surface area (Å²) in [6, 6.07) is 6.18. The van der Waals surface area contributed by atoms with Gasteiger partial charge in [-0.15, -0.1) is 11.3 Å². The average molecular weight is 305 g/mol. The molecule has 0 radical (unpaired) electrons. The van der Waals surface area contributed by atoms with E-state index in [0.717, 1.165) is 11.3 Å². The lowest BCUT2D eigenvalue weighted by atomic mass is 10.1. The third kappa shape index (κ3) is 4.03. The van der Waals surface area contributed by atoms with Crippen LogP contribution in [-0.2, 0) is 6.54 Å². The van der Waals surface area contributed by atoms with E-state index in [2.05, 4.69) is 10.3 Å². The highest BCUT2D eigenvalue weighted by Gasteiger charge is 2.11. The molecule has 110 valence electrons. The van der Waals surface area contributed by atoms with Crippen molar-refractivity contribution in [3.05, 3.63) is 46.5 Å². The minimum Gasteiger partial charge on any atom is -0.478 e. The third-order valence-electron chi connectivity index (χ3n) is 2.80.